The third-order valence-electron chi connectivity index (χ3n) is 3.89. The maximum Gasteiger partial charge on any atom is 0.251 e. The quantitative estimate of drug-likeness (QED) is 0.632. The number of carbonyl (C=O) groups excluding carboxylic acids is 2. The van der Waals surface area contributed by atoms with Gasteiger partial charge in [0.1, 0.15) is 5.75 Å². The number of anilines is 2. The van der Waals surface area contributed by atoms with Crippen molar-refractivity contribution in [2.75, 3.05) is 30.8 Å². The minimum Gasteiger partial charge on any atom is -0.494 e. The highest BCUT2D eigenvalue weighted by Gasteiger charge is 2.07. The summed E-state index contributed by atoms with van der Waals surface area (Å²) in [5.74, 6) is 0.977. The van der Waals surface area contributed by atoms with E-state index in [4.69, 9.17) is 4.74 Å². The van der Waals surface area contributed by atoms with Crippen molar-refractivity contribution >= 4 is 23.2 Å². The predicted octanol–water partition coefficient (Wildman–Crippen LogP) is 3.52. The van der Waals surface area contributed by atoms with Crippen molar-refractivity contribution in [3.63, 3.8) is 0 Å². The topological polar surface area (TPSA) is 79.5 Å². The minimum absolute atomic E-state index is 0.111. The lowest BCUT2D eigenvalue weighted by Crippen LogP contribution is -2.22. The summed E-state index contributed by atoms with van der Waals surface area (Å²) in [4.78, 5) is 23.8. The van der Waals surface area contributed by atoms with Crippen LogP contribution in [0.2, 0.25) is 0 Å². The van der Waals surface area contributed by atoms with Crippen LogP contribution >= 0.6 is 0 Å². The van der Waals surface area contributed by atoms with Gasteiger partial charge < -0.3 is 20.7 Å². The molecule has 6 heteroatoms. The molecule has 0 unspecified atom stereocenters. The van der Waals surface area contributed by atoms with E-state index in [0.717, 1.165) is 17.9 Å². The van der Waals surface area contributed by atoms with E-state index in [1.165, 1.54) is 0 Å². The maximum absolute atomic E-state index is 12.2. The van der Waals surface area contributed by atoms with Gasteiger partial charge in [-0.1, -0.05) is 26.0 Å². The average molecular weight is 369 g/mol. The van der Waals surface area contributed by atoms with E-state index in [2.05, 4.69) is 29.8 Å². The SMILES string of the molecule is CNC(=O)c1cccc(NC(=O)CNc2cccc(OCCC(C)C)c2)c1. The zero-order chi connectivity index (χ0) is 19.6. The summed E-state index contributed by atoms with van der Waals surface area (Å²) in [6.07, 6.45) is 0.995. The lowest BCUT2D eigenvalue weighted by molar-refractivity contribution is -0.114. The predicted molar refractivity (Wildman–Crippen MR) is 108 cm³/mol. The Hall–Kier alpha value is -3.02. The van der Waals surface area contributed by atoms with Gasteiger partial charge in [-0.05, 0) is 42.7 Å². The Morgan fingerprint density at radius 3 is 2.52 bits per heavy atom. The van der Waals surface area contributed by atoms with Gasteiger partial charge in [0.15, 0.2) is 0 Å². The van der Waals surface area contributed by atoms with Gasteiger partial charge in [-0.2, -0.15) is 0 Å². The molecule has 0 aliphatic carbocycles. The normalized spacial score (nSPS) is 10.4. The molecule has 2 aromatic carbocycles. The molecule has 3 N–H and O–H groups in total. The van der Waals surface area contributed by atoms with Gasteiger partial charge in [-0.15, -0.1) is 0 Å². The molecule has 0 fully saturated rings. The number of nitrogens with one attached hydrogen (secondary N) is 3. The van der Waals surface area contributed by atoms with Crippen LogP contribution < -0.4 is 20.7 Å². The number of benzene rings is 2. The summed E-state index contributed by atoms with van der Waals surface area (Å²) in [6, 6.07) is 14.3. The van der Waals surface area contributed by atoms with E-state index >= 15 is 0 Å². The summed E-state index contributed by atoms with van der Waals surface area (Å²) >= 11 is 0. The van der Waals surface area contributed by atoms with Gasteiger partial charge in [0.2, 0.25) is 5.91 Å². The van der Waals surface area contributed by atoms with Gasteiger partial charge in [0, 0.05) is 30.1 Å². The molecule has 0 radical (unpaired) electrons. The third kappa shape index (κ3) is 7.01. The Labute approximate surface area is 160 Å². The second-order valence-corrected chi connectivity index (χ2v) is 6.62. The molecule has 2 amide bonds. The summed E-state index contributed by atoms with van der Waals surface area (Å²) in [5.41, 5.74) is 1.88. The van der Waals surface area contributed by atoms with Crippen LogP contribution in [0.15, 0.2) is 48.5 Å². The lowest BCUT2D eigenvalue weighted by atomic mass is 10.1. The summed E-state index contributed by atoms with van der Waals surface area (Å²) < 4.78 is 5.73. The van der Waals surface area contributed by atoms with Gasteiger partial charge in [-0.3, -0.25) is 9.59 Å². The average Bonchev–Trinajstić information content (AvgIpc) is 2.66. The van der Waals surface area contributed by atoms with Crippen LogP contribution in [0.4, 0.5) is 11.4 Å². The molecule has 0 aliphatic heterocycles. The first-order valence-corrected chi connectivity index (χ1v) is 9.06. The monoisotopic (exact) mass is 369 g/mol. The van der Waals surface area contributed by atoms with Gasteiger partial charge in [0.25, 0.3) is 5.91 Å². The van der Waals surface area contributed by atoms with E-state index in [-0.39, 0.29) is 18.4 Å². The van der Waals surface area contributed by atoms with Crippen molar-refractivity contribution in [3.8, 4) is 5.75 Å². The number of hydrogen-bond acceptors (Lipinski definition) is 4. The van der Waals surface area contributed by atoms with Crippen molar-refractivity contribution in [1.82, 2.24) is 5.32 Å². The molecule has 0 bridgehead atoms. The first-order valence-electron chi connectivity index (χ1n) is 9.06. The van der Waals surface area contributed by atoms with E-state index in [0.29, 0.717) is 23.8 Å². The highest BCUT2D eigenvalue weighted by molar-refractivity contribution is 5.98. The Bertz CT molecular complexity index is 775. The Kier molecular flexibility index (Phi) is 7.67. The Balaban J connectivity index is 1.86. The second kappa shape index (κ2) is 10.2. The summed E-state index contributed by atoms with van der Waals surface area (Å²) in [5, 5.41) is 8.42. The van der Waals surface area contributed by atoms with Gasteiger partial charge >= 0.3 is 0 Å². The molecule has 0 aromatic heterocycles. The fraction of sp³-hybridized carbons (Fsp3) is 0.333. The smallest absolute Gasteiger partial charge is 0.251 e. The Morgan fingerprint density at radius 1 is 1.04 bits per heavy atom. The summed E-state index contributed by atoms with van der Waals surface area (Å²) in [7, 11) is 1.57. The Morgan fingerprint density at radius 2 is 1.78 bits per heavy atom. The first-order chi connectivity index (χ1) is 13.0. The highest BCUT2D eigenvalue weighted by Crippen LogP contribution is 2.18. The molecule has 0 saturated carbocycles. The van der Waals surface area contributed by atoms with Crippen molar-refractivity contribution in [2.24, 2.45) is 5.92 Å². The zero-order valence-electron chi connectivity index (χ0n) is 16.0. The third-order valence-corrected chi connectivity index (χ3v) is 3.89. The maximum atomic E-state index is 12.2. The number of carbonyl (C=O) groups is 2. The standard InChI is InChI=1S/C21H27N3O3/c1-15(2)10-11-27-19-9-5-7-17(13-19)23-14-20(25)24-18-8-4-6-16(12-18)21(26)22-3/h4-9,12-13,15,23H,10-11,14H2,1-3H3,(H,22,26)(H,24,25). The van der Waals surface area contributed by atoms with Crippen molar-refractivity contribution in [1.29, 1.82) is 0 Å². The number of rotatable bonds is 9. The van der Waals surface area contributed by atoms with E-state index in [1.807, 2.05) is 24.3 Å². The number of hydrogen-bond donors (Lipinski definition) is 3. The first kappa shape index (κ1) is 20.3. The number of amides is 2. The molecule has 2 aromatic rings. The van der Waals surface area contributed by atoms with Crippen LogP contribution in [0.3, 0.4) is 0 Å². The summed E-state index contributed by atoms with van der Waals surface area (Å²) in [6.45, 7) is 5.09. The molecule has 2 rings (SSSR count). The van der Waals surface area contributed by atoms with Crippen molar-refractivity contribution < 1.29 is 14.3 Å². The molecule has 0 spiro atoms. The van der Waals surface area contributed by atoms with Crippen molar-refractivity contribution in [2.45, 2.75) is 20.3 Å². The highest BCUT2D eigenvalue weighted by atomic mass is 16.5. The molecule has 0 heterocycles. The fourth-order valence-electron chi connectivity index (χ4n) is 2.38. The number of ether oxygens (including phenoxy) is 1. The molecule has 0 aliphatic rings. The van der Waals surface area contributed by atoms with Crippen LogP contribution in [-0.4, -0.2) is 32.0 Å². The zero-order valence-corrected chi connectivity index (χ0v) is 16.0. The van der Waals surface area contributed by atoms with Gasteiger partial charge in [0.05, 0.1) is 13.2 Å². The van der Waals surface area contributed by atoms with Gasteiger partial charge in [-0.25, -0.2) is 0 Å². The van der Waals surface area contributed by atoms with Crippen LogP contribution in [0, 0.1) is 5.92 Å². The van der Waals surface area contributed by atoms with E-state index in [1.54, 1.807) is 31.3 Å². The fourth-order valence-corrected chi connectivity index (χ4v) is 2.38. The van der Waals surface area contributed by atoms with Crippen molar-refractivity contribution in [3.05, 3.63) is 54.1 Å². The van der Waals surface area contributed by atoms with Crippen LogP contribution in [0.25, 0.3) is 0 Å². The van der Waals surface area contributed by atoms with E-state index in [9.17, 15) is 9.59 Å². The molecule has 27 heavy (non-hydrogen) atoms. The minimum atomic E-state index is -0.199. The molecule has 144 valence electrons. The van der Waals surface area contributed by atoms with Crippen LogP contribution in [0.1, 0.15) is 30.6 Å². The molecule has 0 saturated heterocycles. The molecular weight excluding hydrogens is 342 g/mol. The molecule has 6 nitrogen and oxygen atoms in total. The second-order valence-electron chi connectivity index (χ2n) is 6.62. The largest absolute Gasteiger partial charge is 0.494 e. The van der Waals surface area contributed by atoms with E-state index < -0.39 is 0 Å². The van der Waals surface area contributed by atoms with Crippen LogP contribution in [-0.2, 0) is 4.79 Å². The van der Waals surface area contributed by atoms with Crippen LogP contribution in [0.5, 0.6) is 5.75 Å². The molecule has 0 atom stereocenters. The lowest BCUT2D eigenvalue weighted by Gasteiger charge is -2.11. The molecular formula is C21H27N3O3.